The van der Waals surface area contributed by atoms with Gasteiger partial charge < -0.3 is 20.1 Å². The van der Waals surface area contributed by atoms with E-state index < -0.39 is 15.7 Å². The van der Waals surface area contributed by atoms with E-state index in [2.05, 4.69) is 10.6 Å². The van der Waals surface area contributed by atoms with Gasteiger partial charge in [-0.25, -0.2) is 8.42 Å². The minimum absolute atomic E-state index is 0.0642. The molecule has 3 rings (SSSR count). The van der Waals surface area contributed by atoms with Crippen LogP contribution in [0.25, 0.3) is 0 Å². The van der Waals surface area contributed by atoms with Gasteiger partial charge in [-0.3, -0.25) is 9.59 Å². The third-order valence-electron chi connectivity index (χ3n) is 4.71. The van der Waals surface area contributed by atoms with Crippen LogP contribution in [0.4, 0.5) is 11.4 Å². The first kappa shape index (κ1) is 23.8. The second kappa shape index (κ2) is 10.2. The summed E-state index contributed by atoms with van der Waals surface area (Å²) in [5, 5.41) is 5.44. The van der Waals surface area contributed by atoms with E-state index in [1.165, 1.54) is 19.2 Å². The molecule has 9 heteroatoms. The highest BCUT2D eigenvalue weighted by atomic mass is 32.2. The lowest BCUT2D eigenvalue weighted by Crippen LogP contribution is -2.20. The Morgan fingerprint density at radius 2 is 1.55 bits per heavy atom. The molecule has 33 heavy (non-hydrogen) atoms. The van der Waals surface area contributed by atoms with Crippen molar-refractivity contribution in [1.82, 2.24) is 0 Å². The first-order valence-corrected chi connectivity index (χ1v) is 11.8. The van der Waals surface area contributed by atoms with Crippen molar-refractivity contribution in [2.75, 3.05) is 30.6 Å². The molecule has 0 atom stereocenters. The zero-order chi connectivity index (χ0) is 24.0. The number of aryl methyl sites for hydroxylation is 1. The van der Waals surface area contributed by atoms with Crippen molar-refractivity contribution in [2.45, 2.75) is 11.8 Å². The van der Waals surface area contributed by atoms with Crippen LogP contribution in [0.15, 0.2) is 71.6 Å². The highest BCUT2D eigenvalue weighted by molar-refractivity contribution is 7.90. The zero-order valence-electron chi connectivity index (χ0n) is 18.4. The molecule has 0 unspecified atom stereocenters. The quantitative estimate of drug-likeness (QED) is 0.522. The average molecular weight is 469 g/mol. The summed E-state index contributed by atoms with van der Waals surface area (Å²) in [5.74, 6) is 0.121. The molecule has 0 fully saturated rings. The minimum atomic E-state index is -3.45. The lowest BCUT2D eigenvalue weighted by atomic mass is 10.1. The molecule has 3 aromatic carbocycles. The molecule has 2 N–H and O–H groups in total. The van der Waals surface area contributed by atoms with Crippen LogP contribution in [0.2, 0.25) is 0 Å². The van der Waals surface area contributed by atoms with Crippen LogP contribution in [0, 0.1) is 6.92 Å². The largest absolute Gasteiger partial charge is 0.493 e. The number of hydrogen-bond donors (Lipinski definition) is 2. The molecule has 172 valence electrons. The summed E-state index contributed by atoms with van der Waals surface area (Å²) < 4.78 is 34.3. The number of carbonyl (C=O) groups is 2. The van der Waals surface area contributed by atoms with Gasteiger partial charge in [0, 0.05) is 23.2 Å². The summed E-state index contributed by atoms with van der Waals surface area (Å²) >= 11 is 0. The van der Waals surface area contributed by atoms with Gasteiger partial charge in [-0.1, -0.05) is 24.3 Å². The van der Waals surface area contributed by atoms with Crippen molar-refractivity contribution in [2.24, 2.45) is 0 Å². The van der Waals surface area contributed by atoms with E-state index >= 15 is 0 Å². The molecule has 0 saturated heterocycles. The lowest BCUT2D eigenvalue weighted by Gasteiger charge is -2.12. The molecular weight excluding hydrogens is 444 g/mol. The highest BCUT2D eigenvalue weighted by Gasteiger charge is 2.15. The summed E-state index contributed by atoms with van der Waals surface area (Å²) in [4.78, 5) is 25.1. The molecule has 0 radical (unpaired) electrons. The Labute approximate surface area is 192 Å². The molecule has 0 spiro atoms. The molecule has 2 amide bonds. The first-order chi connectivity index (χ1) is 15.7. The first-order valence-electron chi connectivity index (χ1n) is 9.95. The maximum Gasteiger partial charge on any atom is 0.262 e. The second-order valence-electron chi connectivity index (χ2n) is 7.27. The number of sulfone groups is 1. The Hall–Kier alpha value is -3.85. The van der Waals surface area contributed by atoms with E-state index in [1.807, 2.05) is 0 Å². The molecule has 0 aromatic heterocycles. The number of methoxy groups -OCH3 is 1. The van der Waals surface area contributed by atoms with Gasteiger partial charge in [-0.05, 0) is 55.0 Å². The predicted molar refractivity (Wildman–Crippen MR) is 126 cm³/mol. The summed E-state index contributed by atoms with van der Waals surface area (Å²) in [6.45, 7) is 1.49. The standard InChI is InChI=1S/C24H24N2O6S/c1-16-11-12-19(33(3,29)30)14-20(16)24(28)26-18-8-6-7-17(13-18)25-23(27)15-32-22-10-5-4-9-21(22)31-2/h4-14H,15H2,1-3H3,(H,25,27)(H,26,28). The van der Waals surface area contributed by atoms with Gasteiger partial charge in [-0.15, -0.1) is 0 Å². The third-order valence-corrected chi connectivity index (χ3v) is 5.82. The predicted octanol–water partition coefficient (Wildman–Crippen LogP) is 3.68. The molecule has 0 aliphatic rings. The van der Waals surface area contributed by atoms with Crippen molar-refractivity contribution in [3.63, 3.8) is 0 Å². The van der Waals surface area contributed by atoms with Crippen LogP contribution >= 0.6 is 0 Å². The maximum absolute atomic E-state index is 12.7. The van der Waals surface area contributed by atoms with Crippen molar-refractivity contribution >= 4 is 33.0 Å². The zero-order valence-corrected chi connectivity index (χ0v) is 19.2. The molecule has 0 heterocycles. The summed E-state index contributed by atoms with van der Waals surface area (Å²) in [6.07, 6.45) is 1.09. The van der Waals surface area contributed by atoms with Gasteiger partial charge in [0.05, 0.1) is 12.0 Å². The number of para-hydroxylation sites is 2. The van der Waals surface area contributed by atoms with E-state index in [9.17, 15) is 18.0 Å². The Morgan fingerprint density at radius 1 is 0.879 bits per heavy atom. The van der Waals surface area contributed by atoms with Crippen LogP contribution in [0.1, 0.15) is 15.9 Å². The number of amides is 2. The second-order valence-corrected chi connectivity index (χ2v) is 9.29. The average Bonchev–Trinajstić information content (AvgIpc) is 2.77. The fourth-order valence-electron chi connectivity index (χ4n) is 3.03. The molecule has 0 bridgehead atoms. The number of carbonyl (C=O) groups excluding carboxylic acids is 2. The number of ether oxygens (including phenoxy) is 2. The Balaban J connectivity index is 1.66. The fourth-order valence-corrected chi connectivity index (χ4v) is 3.68. The summed E-state index contributed by atoms with van der Waals surface area (Å²) in [6, 6.07) is 18.0. The molecule has 3 aromatic rings. The smallest absolute Gasteiger partial charge is 0.262 e. The minimum Gasteiger partial charge on any atom is -0.493 e. The van der Waals surface area contributed by atoms with E-state index in [1.54, 1.807) is 61.5 Å². The van der Waals surface area contributed by atoms with E-state index in [4.69, 9.17) is 9.47 Å². The van der Waals surface area contributed by atoms with Crippen molar-refractivity contribution in [3.05, 3.63) is 77.9 Å². The number of benzene rings is 3. The highest BCUT2D eigenvalue weighted by Crippen LogP contribution is 2.26. The normalized spacial score (nSPS) is 10.9. The molecule has 8 nitrogen and oxygen atoms in total. The number of hydrogen-bond acceptors (Lipinski definition) is 6. The number of anilines is 2. The fraction of sp³-hybridized carbons (Fsp3) is 0.167. The van der Waals surface area contributed by atoms with Gasteiger partial charge >= 0.3 is 0 Å². The van der Waals surface area contributed by atoms with Crippen LogP contribution in [0.5, 0.6) is 11.5 Å². The Bertz CT molecular complexity index is 1290. The molecule has 0 aliphatic heterocycles. The topological polar surface area (TPSA) is 111 Å². The van der Waals surface area contributed by atoms with Crippen LogP contribution < -0.4 is 20.1 Å². The van der Waals surface area contributed by atoms with Gasteiger partial charge in [0.2, 0.25) is 0 Å². The third kappa shape index (κ3) is 6.33. The van der Waals surface area contributed by atoms with Crippen LogP contribution in [0.3, 0.4) is 0 Å². The van der Waals surface area contributed by atoms with Crippen LogP contribution in [-0.4, -0.2) is 40.2 Å². The van der Waals surface area contributed by atoms with E-state index in [0.29, 0.717) is 28.4 Å². The van der Waals surface area contributed by atoms with Gasteiger partial charge in [0.15, 0.2) is 27.9 Å². The van der Waals surface area contributed by atoms with Crippen molar-refractivity contribution in [1.29, 1.82) is 0 Å². The van der Waals surface area contributed by atoms with Gasteiger partial charge in [0.1, 0.15) is 0 Å². The van der Waals surface area contributed by atoms with Gasteiger partial charge in [0.25, 0.3) is 11.8 Å². The number of nitrogens with one attached hydrogen (secondary N) is 2. The van der Waals surface area contributed by atoms with Crippen molar-refractivity contribution in [3.8, 4) is 11.5 Å². The lowest BCUT2D eigenvalue weighted by molar-refractivity contribution is -0.118. The molecular formula is C24H24N2O6S. The van der Waals surface area contributed by atoms with Crippen molar-refractivity contribution < 1.29 is 27.5 Å². The Morgan fingerprint density at radius 3 is 2.21 bits per heavy atom. The monoisotopic (exact) mass is 468 g/mol. The van der Waals surface area contributed by atoms with Crippen LogP contribution in [-0.2, 0) is 14.6 Å². The number of rotatable bonds is 8. The van der Waals surface area contributed by atoms with E-state index in [0.717, 1.165) is 6.26 Å². The van der Waals surface area contributed by atoms with E-state index in [-0.39, 0.29) is 23.0 Å². The summed E-state index contributed by atoms with van der Waals surface area (Å²) in [5.41, 5.74) is 1.78. The van der Waals surface area contributed by atoms with Gasteiger partial charge in [-0.2, -0.15) is 0 Å². The SMILES string of the molecule is COc1ccccc1OCC(=O)Nc1cccc(NC(=O)c2cc(S(C)(=O)=O)ccc2C)c1. The maximum atomic E-state index is 12.7. The summed E-state index contributed by atoms with van der Waals surface area (Å²) in [7, 11) is -1.93. The molecule has 0 saturated carbocycles. The Kier molecular flexibility index (Phi) is 7.34. The molecule has 0 aliphatic carbocycles.